The highest BCUT2D eigenvalue weighted by molar-refractivity contribution is 8.09. The molecule has 3 aromatic rings. The summed E-state index contributed by atoms with van der Waals surface area (Å²) in [4.78, 5) is 38.1. The molecule has 1 aromatic heterocycles. The van der Waals surface area contributed by atoms with Crippen molar-refractivity contribution < 1.29 is 41.6 Å². The molecule has 1 aliphatic heterocycles. The molecular weight excluding hydrogens is 602 g/mol. The first-order valence-electron chi connectivity index (χ1n) is 12.8. The fourth-order valence-electron chi connectivity index (χ4n) is 4.30. The van der Waals surface area contributed by atoms with Gasteiger partial charge in [-0.15, -0.1) is 0 Å². The summed E-state index contributed by atoms with van der Waals surface area (Å²) in [6.45, 7) is -0.576. The number of nitrogens with zero attached hydrogens (tertiary/aromatic N) is 1. The van der Waals surface area contributed by atoms with Gasteiger partial charge in [-0.3, -0.25) is 19.1 Å². The second-order valence-corrected chi connectivity index (χ2v) is 13.0. The van der Waals surface area contributed by atoms with Crippen molar-refractivity contribution in [3.63, 3.8) is 0 Å². The molecule has 4 rings (SSSR count). The average molecular weight is 632 g/mol. The number of carbonyl (C=O) groups excluding carboxylic acids is 1. The Hall–Kier alpha value is -3.07. The predicted molar refractivity (Wildman–Crippen MR) is 150 cm³/mol. The topological polar surface area (TPSA) is 141 Å². The smallest absolute Gasteiger partial charge is 0.330 e. The minimum atomic E-state index is -3.98. The van der Waals surface area contributed by atoms with Gasteiger partial charge in [-0.25, -0.2) is 23.1 Å². The summed E-state index contributed by atoms with van der Waals surface area (Å²) in [5.41, 5.74) is -5.03. The van der Waals surface area contributed by atoms with Crippen LogP contribution in [0, 0.1) is 0 Å². The van der Waals surface area contributed by atoms with E-state index in [9.17, 15) is 28.3 Å². The largest absolute Gasteiger partial charge is 0.462 e. The first-order chi connectivity index (χ1) is 19.8. The summed E-state index contributed by atoms with van der Waals surface area (Å²) >= 11 is 5.62. The lowest BCUT2D eigenvalue weighted by Crippen LogP contribution is -2.51. The Morgan fingerprint density at radius 3 is 2.55 bits per heavy atom. The Kier molecular flexibility index (Phi) is 9.60. The van der Waals surface area contributed by atoms with Crippen LogP contribution in [0.15, 0.2) is 64.3 Å². The van der Waals surface area contributed by atoms with E-state index in [1.807, 2.05) is 4.98 Å². The molecule has 228 valence electrons. The number of aliphatic hydroxyl groups excluding tert-OH is 1. The molecule has 1 aliphatic rings. The van der Waals surface area contributed by atoms with E-state index in [2.05, 4.69) is 5.09 Å². The summed E-state index contributed by atoms with van der Waals surface area (Å²) in [5, 5.41) is 14.6. The van der Waals surface area contributed by atoms with Crippen LogP contribution in [0.1, 0.15) is 27.0 Å². The molecular formula is C26H29F3N3O8PS. The van der Waals surface area contributed by atoms with Gasteiger partial charge in [0.1, 0.15) is 17.9 Å². The Labute approximate surface area is 242 Å². The van der Waals surface area contributed by atoms with Gasteiger partial charge in [0, 0.05) is 17.6 Å². The van der Waals surface area contributed by atoms with Gasteiger partial charge in [0.05, 0.1) is 12.7 Å². The molecule has 1 saturated heterocycles. The van der Waals surface area contributed by atoms with Crippen LogP contribution < -0.4 is 20.9 Å². The van der Waals surface area contributed by atoms with Crippen molar-refractivity contribution in [2.45, 2.75) is 63.4 Å². The van der Waals surface area contributed by atoms with Crippen LogP contribution in [-0.4, -0.2) is 63.7 Å². The molecule has 0 aliphatic carbocycles. The molecule has 42 heavy (non-hydrogen) atoms. The first-order valence-corrected chi connectivity index (χ1v) is 15.4. The third kappa shape index (κ3) is 6.61. The van der Waals surface area contributed by atoms with Crippen molar-refractivity contribution in [3.8, 4) is 5.75 Å². The molecule has 2 aromatic carbocycles. The van der Waals surface area contributed by atoms with Crippen molar-refractivity contribution in [1.29, 1.82) is 0 Å². The Morgan fingerprint density at radius 2 is 1.88 bits per heavy atom. The standard InChI is InChI=1S/C26H29F3N3O8PS/c1-14(2)38-23(35)15(3)31-41(42,40-18-10-6-8-16-7-4-5-9-17(16)18)37-13-26(24(28)29)21(27)20(34)22(39-26)32-12-11-19(33)30-25(32)36/h4-12,14-15,20-22,24,34H,13H2,1-3H3,(H,31,42)(H,30,33,36). The molecule has 0 bridgehead atoms. The minimum absolute atomic E-state index is 0.196. The third-order valence-electron chi connectivity index (χ3n) is 6.38. The Balaban J connectivity index is 1.68. The van der Waals surface area contributed by atoms with Crippen molar-refractivity contribution in [1.82, 2.24) is 14.6 Å². The zero-order valence-electron chi connectivity index (χ0n) is 22.6. The van der Waals surface area contributed by atoms with Crippen molar-refractivity contribution in [2.24, 2.45) is 0 Å². The van der Waals surface area contributed by atoms with Gasteiger partial charge in [-0.05, 0) is 44.0 Å². The lowest BCUT2D eigenvalue weighted by Gasteiger charge is -2.33. The summed E-state index contributed by atoms with van der Waals surface area (Å²) in [7, 11) is 0. The number of aromatic amines is 1. The number of carbonyl (C=O) groups is 1. The molecule has 2 heterocycles. The van der Waals surface area contributed by atoms with E-state index in [-0.39, 0.29) is 5.75 Å². The van der Waals surface area contributed by atoms with Gasteiger partial charge in [0.25, 0.3) is 12.0 Å². The summed E-state index contributed by atoms with van der Waals surface area (Å²) in [6, 6.07) is 11.8. The molecule has 0 amide bonds. The van der Waals surface area contributed by atoms with Crippen molar-refractivity contribution in [3.05, 3.63) is 75.6 Å². The van der Waals surface area contributed by atoms with Gasteiger partial charge >= 0.3 is 18.3 Å². The number of halogens is 3. The second kappa shape index (κ2) is 12.7. The normalized spacial score (nSPS) is 24.5. The number of hydrogen-bond acceptors (Lipinski definition) is 9. The number of aromatic nitrogens is 2. The number of H-pyrrole nitrogens is 1. The van der Waals surface area contributed by atoms with Crippen molar-refractivity contribution in [2.75, 3.05) is 6.61 Å². The lowest BCUT2D eigenvalue weighted by molar-refractivity contribution is -0.182. The van der Waals surface area contributed by atoms with Crippen molar-refractivity contribution >= 4 is 35.2 Å². The van der Waals surface area contributed by atoms with E-state index >= 15 is 4.39 Å². The van der Waals surface area contributed by atoms with E-state index in [0.717, 1.165) is 17.6 Å². The van der Waals surface area contributed by atoms with Crippen LogP contribution in [-0.2, 0) is 30.6 Å². The van der Waals surface area contributed by atoms with E-state index < -0.39 is 73.1 Å². The van der Waals surface area contributed by atoms with Crippen LogP contribution in [0.2, 0.25) is 0 Å². The zero-order valence-corrected chi connectivity index (χ0v) is 24.3. The van der Waals surface area contributed by atoms with E-state index in [1.54, 1.807) is 56.3 Å². The van der Waals surface area contributed by atoms with E-state index in [1.165, 1.54) is 6.92 Å². The van der Waals surface area contributed by atoms with Crippen LogP contribution in [0.5, 0.6) is 5.75 Å². The summed E-state index contributed by atoms with van der Waals surface area (Å²) in [5.74, 6) is -0.539. The Bertz CT molecular complexity index is 1600. The fraction of sp³-hybridized carbons (Fsp3) is 0.423. The fourth-order valence-corrected chi connectivity index (χ4v) is 6.72. The summed E-state index contributed by atoms with van der Waals surface area (Å²) in [6.07, 6.45) is -10.2. The number of benzene rings is 2. The number of alkyl halides is 3. The second-order valence-electron chi connectivity index (χ2n) is 9.85. The maximum Gasteiger partial charge on any atom is 0.330 e. The third-order valence-corrected chi connectivity index (χ3v) is 8.84. The number of rotatable bonds is 11. The highest BCUT2D eigenvalue weighted by Crippen LogP contribution is 2.51. The molecule has 3 N–H and O–H groups in total. The number of nitrogens with one attached hydrogen (secondary N) is 2. The lowest BCUT2D eigenvalue weighted by atomic mass is 9.98. The highest BCUT2D eigenvalue weighted by Gasteiger charge is 2.62. The number of esters is 1. The monoisotopic (exact) mass is 631 g/mol. The molecule has 6 unspecified atom stereocenters. The molecule has 0 radical (unpaired) electrons. The molecule has 16 heteroatoms. The maximum atomic E-state index is 15.5. The quantitative estimate of drug-likeness (QED) is 0.214. The molecule has 1 fully saturated rings. The van der Waals surface area contributed by atoms with Gasteiger partial charge in [0.2, 0.25) is 0 Å². The average Bonchev–Trinajstić information content (AvgIpc) is 3.18. The number of ether oxygens (including phenoxy) is 2. The number of hydrogen-bond donors (Lipinski definition) is 3. The van der Waals surface area contributed by atoms with Crippen LogP contribution in [0.3, 0.4) is 0 Å². The number of fused-ring (bicyclic) bond motifs is 1. The van der Waals surface area contributed by atoms with Crippen LogP contribution >= 0.6 is 6.64 Å². The Morgan fingerprint density at radius 1 is 1.19 bits per heavy atom. The van der Waals surface area contributed by atoms with Gasteiger partial charge < -0.3 is 23.6 Å². The molecule has 6 atom stereocenters. The van der Waals surface area contributed by atoms with E-state index in [0.29, 0.717) is 9.95 Å². The summed E-state index contributed by atoms with van der Waals surface area (Å²) < 4.78 is 67.4. The molecule has 0 saturated carbocycles. The zero-order chi connectivity index (χ0) is 30.8. The minimum Gasteiger partial charge on any atom is -0.462 e. The molecule has 0 spiro atoms. The van der Waals surface area contributed by atoms with Gasteiger partial charge in [0.15, 0.2) is 18.0 Å². The first kappa shape index (κ1) is 31.9. The van der Waals surface area contributed by atoms with E-state index in [4.69, 9.17) is 30.3 Å². The number of aliphatic hydroxyl groups is 1. The van der Waals surface area contributed by atoms with Gasteiger partial charge in [-0.2, -0.15) is 0 Å². The van der Waals surface area contributed by atoms with Crippen LogP contribution in [0.4, 0.5) is 13.2 Å². The maximum absolute atomic E-state index is 15.5. The molecule has 11 nitrogen and oxygen atoms in total. The SMILES string of the molecule is CC(C)OC(=O)C(C)NP(=S)(OCC1(C(F)F)OC(n2ccc(=O)[nH]c2=O)C(O)C1F)Oc1cccc2ccccc12. The van der Waals surface area contributed by atoms with Crippen LogP contribution in [0.25, 0.3) is 10.8 Å². The predicted octanol–water partition coefficient (Wildman–Crippen LogP) is 3.17. The van der Waals surface area contributed by atoms with Gasteiger partial charge in [-0.1, -0.05) is 36.4 Å². The highest BCUT2D eigenvalue weighted by atomic mass is 32.5.